The van der Waals surface area contributed by atoms with Gasteiger partial charge in [-0.1, -0.05) is 54.6 Å². The van der Waals surface area contributed by atoms with E-state index >= 15 is 4.39 Å². The number of aromatic nitrogens is 3. The Bertz CT molecular complexity index is 1970. The zero-order valence-electron chi connectivity index (χ0n) is 28.3. The second kappa shape index (κ2) is 14.7. The van der Waals surface area contributed by atoms with E-state index in [1.807, 2.05) is 89.3 Å². The van der Waals surface area contributed by atoms with Crippen molar-refractivity contribution in [3.63, 3.8) is 0 Å². The Morgan fingerprint density at radius 2 is 1.78 bits per heavy atom. The van der Waals surface area contributed by atoms with Gasteiger partial charge in [0.15, 0.2) is 0 Å². The van der Waals surface area contributed by atoms with Gasteiger partial charge in [0.25, 0.3) is 12.4 Å². The standard InChI is InChI=1S/C37H38FN5O3.CH2O2/c1-24-11-9-14-25-18-19-39-34(32(24)25)43(28-15-10-20-42(23-28)36(45)46-37(2,3)4)35(44)29-17-16-27(21-31(29)38)30-22-40-41(5)33(30)26-12-7-6-8-13-26;2-1-3/h6-9,11-14,16-19,21-22,28H,10,15,20,23H2,1-5H3;1H,(H,2,3)/t28-;/m1./s1. The molecule has 1 aliphatic rings. The minimum absolute atomic E-state index is 0.0734. The Balaban J connectivity index is 0.00000151. The van der Waals surface area contributed by atoms with Crippen LogP contribution < -0.4 is 4.90 Å². The summed E-state index contributed by atoms with van der Waals surface area (Å²) in [5.74, 6) is -0.719. The third-order valence-electron chi connectivity index (χ3n) is 8.34. The summed E-state index contributed by atoms with van der Waals surface area (Å²) in [7, 11) is 1.85. The first kappa shape index (κ1) is 34.7. The molecule has 2 aromatic heterocycles. The molecule has 3 heterocycles. The summed E-state index contributed by atoms with van der Waals surface area (Å²) in [5.41, 5.74) is 3.38. The molecule has 1 N–H and O–H groups in total. The van der Waals surface area contributed by atoms with Gasteiger partial charge in [-0.3, -0.25) is 19.2 Å². The van der Waals surface area contributed by atoms with E-state index in [4.69, 9.17) is 19.6 Å². The highest BCUT2D eigenvalue weighted by Crippen LogP contribution is 2.35. The van der Waals surface area contributed by atoms with Crippen LogP contribution in [0.4, 0.5) is 15.0 Å². The lowest BCUT2D eigenvalue weighted by atomic mass is 9.98. The molecule has 49 heavy (non-hydrogen) atoms. The molecule has 1 fully saturated rings. The lowest BCUT2D eigenvalue weighted by molar-refractivity contribution is -0.122. The fraction of sp³-hybridized carbons (Fsp3) is 0.289. The molecule has 0 bridgehead atoms. The first-order valence-corrected chi connectivity index (χ1v) is 16.0. The zero-order valence-corrected chi connectivity index (χ0v) is 28.3. The van der Waals surface area contributed by atoms with E-state index in [1.165, 1.54) is 12.1 Å². The lowest BCUT2D eigenvalue weighted by Crippen LogP contribution is -2.53. The minimum Gasteiger partial charge on any atom is -0.483 e. The van der Waals surface area contributed by atoms with Crippen LogP contribution in [0.15, 0.2) is 85.2 Å². The van der Waals surface area contributed by atoms with Gasteiger partial charge in [0.05, 0.1) is 23.5 Å². The quantitative estimate of drug-likeness (QED) is 0.193. The smallest absolute Gasteiger partial charge is 0.410 e. The van der Waals surface area contributed by atoms with E-state index < -0.39 is 29.5 Å². The van der Waals surface area contributed by atoms with Crippen LogP contribution in [0.25, 0.3) is 33.2 Å². The van der Waals surface area contributed by atoms with Crippen molar-refractivity contribution < 1.29 is 28.6 Å². The fourth-order valence-electron chi connectivity index (χ4n) is 6.24. The van der Waals surface area contributed by atoms with Gasteiger partial charge < -0.3 is 14.7 Å². The Morgan fingerprint density at radius 1 is 1.04 bits per heavy atom. The highest BCUT2D eigenvalue weighted by molar-refractivity contribution is 6.11. The molecule has 11 heteroatoms. The summed E-state index contributed by atoms with van der Waals surface area (Å²) in [4.78, 5) is 43.9. The predicted octanol–water partition coefficient (Wildman–Crippen LogP) is 7.50. The SMILES string of the molecule is Cc1cccc2ccnc(N(C(=O)c3ccc(-c4cnn(C)c4-c4ccccc4)cc3F)[C@@H]3CCCN(C(=O)OC(C)(C)C)C3)c12.O=CO. The van der Waals surface area contributed by atoms with Crippen molar-refractivity contribution in [3.05, 3.63) is 102 Å². The summed E-state index contributed by atoms with van der Waals surface area (Å²) >= 11 is 0. The van der Waals surface area contributed by atoms with Gasteiger partial charge in [-0.25, -0.2) is 14.2 Å². The normalized spacial score (nSPS) is 14.5. The van der Waals surface area contributed by atoms with E-state index in [-0.39, 0.29) is 18.6 Å². The Kier molecular flexibility index (Phi) is 10.4. The topological polar surface area (TPSA) is 118 Å². The van der Waals surface area contributed by atoms with Gasteiger partial charge in [-0.05, 0) is 75.2 Å². The molecular formula is C38H40FN5O5. The third kappa shape index (κ3) is 7.61. The van der Waals surface area contributed by atoms with Gasteiger partial charge >= 0.3 is 6.09 Å². The number of likely N-dealkylation sites (tertiary alicyclic amines) is 1. The van der Waals surface area contributed by atoms with Crippen LogP contribution >= 0.6 is 0 Å². The number of aryl methyl sites for hydroxylation is 2. The number of hydrogen-bond donors (Lipinski definition) is 1. The molecule has 10 nitrogen and oxygen atoms in total. The van der Waals surface area contributed by atoms with Crippen LogP contribution in [0.2, 0.25) is 0 Å². The summed E-state index contributed by atoms with van der Waals surface area (Å²) < 4.78 is 23.6. The number of rotatable bonds is 5. The molecule has 0 spiro atoms. The number of ether oxygens (including phenoxy) is 1. The van der Waals surface area contributed by atoms with E-state index in [2.05, 4.69) is 5.10 Å². The van der Waals surface area contributed by atoms with E-state index in [0.717, 1.165) is 33.2 Å². The van der Waals surface area contributed by atoms with Crippen molar-refractivity contribution >= 4 is 35.1 Å². The first-order valence-electron chi connectivity index (χ1n) is 16.0. The van der Waals surface area contributed by atoms with Gasteiger partial charge in [-0.2, -0.15) is 5.10 Å². The van der Waals surface area contributed by atoms with Crippen LogP contribution in [-0.4, -0.2) is 68.0 Å². The second-order valence-electron chi connectivity index (χ2n) is 12.9. The molecule has 1 saturated heterocycles. The molecule has 2 amide bonds. The third-order valence-corrected chi connectivity index (χ3v) is 8.34. The summed E-state index contributed by atoms with van der Waals surface area (Å²) in [6, 6.07) is 21.8. The second-order valence-corrected chi connectivity index (χ2v) is 12.9. The molecule has 0 radical (unpaired) electrons. The van der Waals surface area contributed by atoms with Crippen molar-refractivity contribution in [2.75, 3.05) is 18.0 Å². The van der Waals surface area contributed by atoms with Crippen molar-refractivity contribution in [1.82, 2.24) is 19.7 Å². The van der Waals surface area contributed by atoms with Crippen LogP contribution in [-0.2, 0) is 16.6 Å². The molecule has 0 saturated carbocycles. The number of carbonyl (C=O) groups is 3. The van der Waals surface area contributed by atoms with Crippen LogP contribution in [0.3, 0.4) is 0 Å². The maximum absolute atomic E-state index is 16.2. The van der Waals surface area contributed by atoms with Crippen LogP contribution in [0.5, 0.6) is 0 Å². The molecule has 5 aromatic rings. The number of anilines is 1. The Hall–Kier alpha value is -5.58. The largest absolute Gasteiger partial charge is 0.483 e. The number of halogens is 1. The van der Waals surface area contributed by atoms with E-state index in [9.17, 15) is 9.59 Å². The molecule has 3 aromatic carbocycles. The predicted molar refractivity (Wildman–Crippen MR) is 187 cm³/mol. The lowest BCUT2D eigenvalue weighted by Gasteiger charge is -2.39. The molecule has 0 aliphatic carbocycles. The number of hydrogen-bond acceptors (Lipinski definition) is 6. The number of amides is 2. The van der Waals surface area contributed by atoms with Crippen molar-refractivity contribution in [1.29, 1.82) is 0 Å². The van der Waals surface area contributed by atoms with E-state index in [1.54, 1.807) is 32.9 Å². The van der Waals surface area contributed by atoms with E-state index in [0.29, 0.717) is 30.8 Å². The summed E-state index contributed by atoms with van der Waals surface area (Å²) in [6.07, 6.45) is 4.21. The number of nitrogens with zero attached hydrogens (tertiary/aromatic N) is 5. The highest BCUT2D eigenvalue weighted by atomic mass is 19.1. The minimum atomic E-state index is -0.659. The fourth-order valence-corrected chi connectivity index (χ4v) is 6.24. The molecule has 0 unspecified atom stereocenters. The van der Waals surface area contributed by atoms with Gasteiger partial charge in [0, 0.05) is 42.8 Å². The molecular weight excluding hydrogens is 625 g/mol. The van der Waals surface area contributed by atoms with Gasteiger partial charge in [-0.15, -0.1) is 0 Å². The maximum Gasteiger partial charge on any atom is 0.410 e. The molecule has 6 rings (SSSR count). The average molecular weight is 666 g/mol. The average Bonchev–Trinajstić information content (AvgIpc) is 3.46. The zero-order chi connectivity index (χ0) is 35.3. The summed E-state index contributed by atoms with van der Waals surface area (Å²) in [5, 5.41) is 13.1. The van der Waals surface area contributed by atoms with Crippen molar-refractivity contribution in [2.45, 2.75) is 52.2 Å². The molecule has 1 atom stereocenters. The van der Waals surface area contributed by atoms with Crippen molar-refractivity contribution in [2.24, 2.45) is 7.05 Å². The Labute approximate surface area is 284 Å². The van der Waals surface area contributed by atoms with Crippen LogP contribution in [0.1, 0.15) is 49.5 Å². The monoisotopic (exact) mass is 665 g/mol. The number of carbonyl (C=O) groups excluding carboxylic acids is 2. The highest BCUT2D eigenvalue weighted by Gasteiger charge is 2.36. The summed E-state index contributed by atoms with van der Waals surface area (Å²) in [6.45, 7) is 7.94. The number of piperidine rings is 1. The van der Waals surface area contributed by atoms with Crippen LogP contribution in [0, 0.1) is 12.7 Å². The number of benzene rings is 3. The number of carboxylic acid groups (broad SMARTS) is 1. The van der Waals surface area contributed by atoms with Crippen molar-refractivity contribution in [3.8, 4) is 22.4 Å². The molecule has 1 aliphatic heterocycles. The first-order chi connectivity index (χ1) is 23.4. The Morgan fingerprint density at radius 3 is 2.47 bits per heavy atom. The number of fused-ring (bicyclic) bond motifs is 1. The van der Waals surface area contributed by atoms with Gasteiger partial charge in [0.1, 0.15) is 17.2 Å². The number of pyridine rings is 1. The maximum atomic E-state index is 16.2. The molecule has 254 valence electrons. The van der Waals surface area contributed by atoms with Gasteiger partial charge in [0.2, 0.25) is 0 Å².